The second-order valence-electron chi connectivity index (χ2n) is 5.02. The molecule has 2 aromatic rings. The van der Waals surface area contributed by atoms with E-state index in [1.165, 1.54) is 12.1 Å². The molecule has 0 radical (unpaired) electrons. The van der Waals surface area contributed by atoms with Crippen molar-refractivity contribution in [2.45, 2.75) is 12.5 Å². The van der Waals surface area contributed by atoms with E-state index >= 15 is 0 Å². The normalized spacial score (nSPS) is 12.4. The van der Waals surface area contributed by atoms with Crippen LogP contribution in [-0.2, 0) is 11.0 Å². The molecule has 0 unspecified atom stereocenters. The lowest BCUT2D eigenvalue weighted by atomic mass is 9.96. The highest BCUT2D eigenvalue weighted by atomic mass is 19.4. The molecule has 0 saturated carbocycles. The Bertz CT molecular complexity index is 837. The third-order valence-electron chi connectivity index (χ3n) is 3.17. The van der Waals surface area contributed by atoms with Gasteiger partial charge in [-0.2, -0.15) is 13.2 Å². The van der Waals surface area contributed by atoms with Crippen LogP contribution in [-0.4, -0.2) is 17.4 Å². The number of halogens is 6. The second kappa shape index (κ2) is 7.11. The molecule has 1 N–H and O–H groups in total. The van der Waals surface area contributed by atoms with Gasteiger partial charge in [0.2, 0.25) is 0 Å². The highest BCUT2D eigenvalue weighted by Crippen LogP contribution is 2.42. The third-order valence-corrected chi connectivity index (χ3v) is 3.17. The molecule has 138 valence electrons. The van der Waals surface area contributed by atoms with Crippen LogP contribution < -0.4 is 4.74 Å². The molecule has 2 rings (SSSR count). The molecule has 0 amide bonds. The van der Waals surface area contributed by atoms with Crippen molar-refractivity contribution in [1.82, 2.24) is 0 Å². The maximum absolute atomic E-state index is 13.3. The summed E-state index contributed by atoms with van der Waals surface area (Å²) in [6.45, 7) is 0. The number of alkyl halides is 6. The summed E-state index contributed by atoms with van der Waals surface area (Å²) in [5.41, 5.74) is -2.10. The minimum absolute atomic E-state index is 0.0669. The van der Waals surface area contributed by atoms with Gasteiger partial charge in [-0.05, 0) is 35.4 Å². The van der Waals surface area contributed by atoms with E-state index < -0.39 is 40.9 Å². The van der Waals surface area contributed by atoms with Crippen molar-refractivity contribution in [3.05, 3.63) is 59.7 Å². The Kier molecular flexibility index (Phi) is 5.29. The Hall–Kier alpha value is -2.97. The number of benzene rings is 2. The van der Waals surface area contributed by atoms with Crippen LogP contribution in [0.15, 0.2) is 48.5 Å². The van der Waals surface area contributed by atoms with Gasteiger partial charge in [0.1, 0.15) is 5.75 Å². The molecule has 0 bridgehead atoms. The summed E-state index contributed by atoms with van der Waals surface area (Å²) in [5.74, 6) is -2.13. The zero-order valence-corrected chi connectivity index (χ0v) is 12.7. The summed E-state index contributed by atoms with van der Waals surface area (Å²) < 4.78 is 81.3. The van der Waals surface area contributed by atoms with Crippen LogP contribution in [0.4, 0.5) is 26.3 Å². The average Bonchev–Trinajstić information content (AvgIpc) is 2.50. The maximum atomic E-state index is 13.3. The highest BCUT2D eigenvalue weighted by Gasteiger charge is 2.36. The van der Waals surface area contributed by atoms with Gasteiger partial charge in [-0.1, -0.05) is 24.3 Å². The summed E-state index contributed by atoms with van der Waals surface area (Å²) >= 11 is 0. The molecule has 0 saturated heterocycles. The highest BCUT2D eigenvalue weighted by molar-refractivity contribution is 5.86. The van der Waals surface area contributed by atoms with Gasteiger partial charge < -0.3 is 9.84 Å². The van der Waals surface area contributed by atoms with Crippen molar-refractivity contribution in [1.29, 1.82) is 0 Å². The summed E-state index contributed by atoms with van der Waals surface area (Å²) in [5, 5.41) is 8.60. The Labute approximate surface area is 143 Å². The van der Waals surface area contributed by atoms with E-state index in [9.17, 15) is 31.1 Å². The number of rotatable bonds is 4. The van der Waals surface area contributed by atoms with Gasteiger partial charge in [0.05, 0.1) is 5.56 Å². The zero-order chi connectivity index (χ0) is 19.5. The fourth-order valence-corrected chi connectivity index (χ4v) is 2.21. The van der Waals surface area contributed by atoms with Crippen LogP contribution in [0.5, 0.6) is 5.75 Å². The first-order chi connectivity index (χ1) is 12.0. The monoisotopic (exact) mass is 376 g/mol. The molecular weight excluding hydrogens is 366 g/mol. The van der Waals surface area contributed by atoms with Gasteiger partial charge in [0.15, 0.2) is 0 Å². The third kappa shape index (κ3) is 5.01. The van der Waals surface area contributed by atoms with Gasteiger partial charge >= 0.3 is 18.5 Å². The Balaban J connectivity index is 2.66. The fraction of sp³-hybridized carbons (Fsp3) is 0.118. The number of carboxylic acids is 1. The van der Waals surface area contributed by atoms with E-state index in [4.69, 9.17) is 5.11 Å². The first kappa shape index (κ1) is 19.4. The first-order valence-electron chi connectivity index (χ1n) is 6.95. The molecule has 2 aromatic carbocycles. The number of para-hydroxylation sites is 1. The van der Waals surface area contributed by atoms with Gasteiger partial charge in [0.25, 0.3) is 0 Å². The van der Waals surface area contributed by atoms with Crippen molar-refractivity contribution >= 4 is 12.0 Å². The van der Waals surface area contributed by atoms with Gasteiger partial charge in [-0.3, -0.25) is 0 Å². The van der Waals surface area contributed by atoms with E-state index in [1.54, 1.807) is 0 Å². The van der Waals surface area contributed by atoms with E-state index in [-0.39, 0.29) is 5.56 Å². The second-order valence-corrected chi connectivity index (χ2v) is 5.02. The number of hydrogen-bond donors (Lipinski definition) is 1. The largest absolute Gasteiger partial charge is 0.573 e. The lowest BCUT2D eigenvalue weighted by molar-refractivity contribution is -0.274. The molecule has 0 aliphatic heterocycles. The van der Waals surface area contributed by atoms with E-state index in [0.29, 0.717) is 12.1 Å². The number of carbonyl (C=O) groups is 1. The van der Waals surface area contributed by atoms with Gasteiger partial charge in [-0.15, -0.1) is 13.2 Å². The summed E-state index contributed by atoms with van der Waals surface area (Å²) in [4.78, 5) is 10.6. The average molecular weight is 376 g/mol. The Morgan fingerprint density at radius 2 is 1.62 bits per heavy atom. The van der Waals surface area contributed by atoms with E-state index in [0.717, 1.165) is 30.3 Å². The smallest absolute Gasteiger partial charge is 0.478 e. The molecule has 0 aromatic heterocycles. The molecule has 0 aliphatic rings. The molecule has 9 heteroatoms. The summed E-state index contributed by atoms with van der Waals surface area (Å²) in [6, 6.07) is 7.02. The number of ether oxygens (including phenoxy) is 1. The minimum Gasteiger partial charge on any atom is -0.478 e. The molecule has 0 fully saturated rings. The van der Waals surface area contributed by atoms with Crippen LogP contribution >= 0.6 is 0 Å². The zero-order valence-electron chi connectivity index (χ0n) is 12.7. The van der Waals surface area contributed by atoms with Crippen LogP contribution in [0, 0.1) is 0 Å². The molecule has 0 atom stereocenters. The lowest BCUT2D eigenvalue weighted by Crippen LogP contribution is -2.18. The fourth-order valence-electron chi connectivity index (χ4n) is 2.21. The van der Waals surface area contributed by atoms with Gasteiger partial charge in [0, 0.05) is 11.6 Å². The van der Waals surface area contributed by atoms with Crippen LogP contribution in [0.3, 0.4) is 0 Å². The summed E-state index contributed by atoms with van der Waals surface area (Å²) in [7, 11) is 0. The van der Waals surface area contributed by atoms with Crippen molar-refractivity contribution in [2.24, 2.45) is 0 Å². The van der Waals surface area contributed by atoms with Crippen LogP contribution in [0.25, 0.3) is 17.2 Å². The summed E-state index contributed by atoms with van der Waals surface area (Å²) in [6.07, 6.45) is -8.20. The maximum Gasteiger partial charge on any atom is 0.573 e. The molecule has 3 nitrogen and oxygen atoms in total. The van der Waals surface area contributed by atoms with Crippen molar-refractivity contribution in [2.75, 3.05) is 0 Å². The predicted octanol–water partition coefficient (Wildman–Crippen LogP) is 5.37. The molecular formula is C17H10F6O3. The van der Waals surface area contributed by atoms with Crippen molar-refractivity contribution < 1.29 is 41.0 Å². The first-order valence-corrected chi connectivity index (χ1v) is 6.95. The van der Waals surface area contributed by atoms with E-state index in [1.807, 2.05) is 0 Å². The number of hydrogen-bond acceptors (Lipinski definition) is 2. The van der Waals surface area contributed by atoms with Crippen molar-refractivity contribution in [3.8, 4) is 16.9 Å². The number of aliphatic carboxylic acids is 1. The Morgan fingerprint density at radius 1 is 0.962 bits per heavy atom. The SMILES string of the molecule is O=C(O)/C=C/c1ccc(C(F)(F)F)c(-c2ccccc2OC(F)(F)F)c1. The standard InChI is InChI=1S/C17H10F6O3/c18-16(19,20)13-7-5-10(6-8-15(24)25)9-12(13)11-3-1-2-4-14(11)26-17(21,22)23/h1-9H,(H,24,25)/b8-6+. The number of carboxylic acid groups (broad SMARTS) is 1. The molecule has 26 heavy (non-hydrogen) atoms. The lowest BCUT2D eigenvalue weighted by Gasteiger charge is -2.17. The van der Waals surface area contributed by atoms with Crippen LogP contribution in [0.2, 0.25) is 0 Å². The molecule has 0 spiro atoms. The topological polar surface area (TPSA) is 46.5 Å². The Morgan fingerprint density at radius 3 is 2.19 bits per heavy atom. The quantitative estimate of drug-likeness (QED) is 0.577. The molecule has 0 heterocycles. The minimum atomic E-state index is -5.09. The van der Waals surface area contributed by atoms with Crippen LogP contribution in [0.1, 0.15) is 11.1 Å². The van der Waals surface area contributed by atoms with Crippen molar-refractivity contribution in [3.63, 3.8) is 0 Å². The predicted molar refractivity (Wildman–Crippen MR) is 80.2 cm³/mol. The van der Waals surface area contributed by atoms with Gasteiger partial charge in [-0.25, -0.2) is 4.79 Å². The van der Waals surface area contributed by atoms with E-state index in [2.05, 4.69) is 4.74 Å². The molecule has 0 aliphatic carbocycles.